The normalized spacial score (nSPS) is 11.0. The summed E-state index contributed by atoms with van der Waals surface area (Å²) in [6.07, 6.45) is 0. The quantitative estimate of drug-likeness (QED) is 0.107. The van der Waals surface area contributed by atoms with Crippen LogP contribution in [0.25, 0.3) is 27.9 Å². The van der Waals surface area contributed by atoms with E-state index in [-0.39, 0.29) is 17.3 Å². The summed E-state index contributed by atoms with van der Waals surface area (Å²) in [5.41, 5.74) is 2.25. The standard InChI is InChI=1S/C27H24N6O6S/c1-4-39-19-11-7-17(8-12-19)28-24(34)15-40-27-29-21-14-23(38-3)22(37-2)13-20(21)26-30-25(31-32(26)27)16-5-9-18(10-6-16)33(35)36/h5-14H,4,15H2,1-3H3,(H,28,34). The van der Waals surface area contributed by atoms with Crippen molar-refractivity contribution in [1.29, 1.82) is 0 Å². The van der Waals surface area contributed by atoms with E-state index in [0.717, 1.165) is 5.75 Å². The first kappa shape index (κ1) is 26.7. The number of carbonyl (C=O) groups excluding carboxylic acids is 1. The molecule has 0 fully saturated rings. The molecule has 0 atom stereocenters. The maximum absolute atomic E-state index is 12.8. The van der Waals surface area contributed by atoms with Crippen molar-refractivity contribution >= 4 is 45.6 Å². The van der Waals surface area contributed by atoms with Gasteiger partial charge in [0, 0.05) is 34.8 Å². The van der Waals surface area contributed by atoms with Crippen molar-refractivity contribution in [3.63, 3.8) is 0 Å². The molecule has 204 valence electrons. The second-order valence-corrected chi connectivity index (χ2v) is 9.33. The molecule has 2 heterocycles. The molecule has 0 saturated carbocycles. The highest BCUT2D eigenvalue weighted by molar-refractivity contribution is 7.99. The minimum atomic E-state index is -0.467. The van der Waals surface area contributed by atoms with Gasteiger partial charge in [-0.15, -0.1) is 5.10 Å². The molecule has 0 aliphatic heterocycles. The van der Waals surface area contributed by atoms with Gasteiger partial charge in [-0.2, -0.15) is 4.52 Å². The smallest absolute Gasteiger partial charge is 0.269 e. The number of non-ortho nitro benzene ring substituents is 1. The monoisotopic (exact) mass is 560 g/mol. The third kappa shape index (κ3) is 5.45. The average molecular weight is 561 g/mol. The number of nitro groups is 1. The van der Waals surface area contributed by atoms with Crippen molar-refractivity contribution in [3.05, 3.63) is 70.8 Å². The average Bonchev–Trinajstić information content (AvgIpc) is 3.42. The number of hydrogen-bond donors (Lipinski definition) is 1. The van der Waals surface area contributed by atoms with E-state index < -0.39 is 4.92 Å². The fourth-order valence-corrected chi connectivity index (χ4v) is 4.73. The molecule has 0 aliphatic rings. The molecule has 1 N–H and O–H groups in total. The van der Waals surface area contributed by atoms with Gasteiger partial charge < -0.3 is 19.5 Å². The molecule has 1 amide bonds. The highest BCUT2D eigenvalue weighted by Gasteiger charge is 2.19. The van der Waals surface area contributed by atoms with Crippen LogP contribution in [0, 0.1) is 10.1 Å². The zero-order valence-corrected chi connectivity index (χ0v) is 22.6. The number of nitrogens with zero attached hydrogens (tertiary/aromatic N) is 5. The molecule has 5 rings (SSSR count). The van der Waals surface area contributed by atoms with Crippen LogP contribution in [0.1, 0.15) is 6.92 Å². The summed E-state index contributed by atoms with van der Waals surface area (Å²) < 4.78 is 17.9. The molecule has 0 aliphatic carbocycles. The Morgan fingerprint density at radius 2 is 1.73 bits per heavy atom. The van der Waals surface area contributed by atoms with E-state index in [0.29, 0.717) is 56.9 Å². The topological polar surface area (TPSA) is 143 Å². The van der Waals surface area contributed by atoms with Crippen LogP contribution in [0.15, 0.2) is 65.8 Å². The van der Waals surface area contributed by atoms with Gasteiger partial charge in [-0.05, 0) is 49.4 Å². The zero-order valence-electron chi connectivity index (χ0n) is 21.8. The number of nitrogens with one attached hydrogen (secondary N) is 1. The molecule has 12 nitrogen and oxygen atoms in total. The van der Waals surface area contributed by atoms with E-state index in [9.17, 15) is 14.9 Å². The number of hydrogen-bond acceptors (Lipinski definition) is 10. The third-order valence-corrected chi connectivity index (χ3v) is 6.79. The van der Waals surface area contributed by atoms with Crippen LogP contribution < -0.4 is 19.5 Å². The van der Waals surface area contributed by atoms with E-state index in [1.54, 1.807) is 53.0 Å². The molecule has 0 bridgehead atoms. The number of amides is 1. The van der Waals surface area contributed by atoms with Gasteiger partial charge in [-0.1, -0.05) is 11.8 Å². The Balaban J connectivity index is 1.50. The lowest BCUT2D eigenvalue weighted by atomic mass is 10.2. The Morgan fingerprint density at radius 3 is 2.38 bits per heavy atom. The molecule has 0 saturated heterocycles. The molecular formula is C27H24N6O6S. The van der Waals surface area contributed by atoms with E-state index >= 15 is 0 Å². The number of methoxy groups -OCH3 is 2. The van der Waals surface area contributed by atoms with Gasteiger partial charge in [0.05, 0.1) is 37.0 Å². The third-order valence-electron chi connectivity index (χ3n) is 5.86. The van der Waals surface area contributed by atoms with Crippen molar-refractivity contribution in [3.8, 4) is 28.6 Å². The summed E-state index contributed by atoms with van der Waals surface area (Å²) in [6.45, 7) is 2.46. The first-order chi connectivity index (χ1) is 19.4. The van der Waals surface area contributed by atoms with E-state index in [1.165, 1.54) is 38.1 Å². The molecular weight excluding hydrogens is 536 g/mol. The number of thioether (sulfide) groups is 1. The van der Waals surface area contributed by atoms with Crippen LogP contribution in [0.2, 0.25) is 0 Å². The fraction of sp³-hybridized carbons (Fsp3) is 0.185. The Labute approximate surface area is 232 Å². The predicted molar refractivity (Wildman–Crippen MR) is 150 cm³/mol. The van der Waals surface area contributed by atoms with Crippen LogP contribution in [0.5, 0.6) is 17.2 Å². The van der Waals surface area contributed by atoms with Gasteiger partial charge in [-0.25, -0.2) is 9.97 Å². The van der Waals surface area contributed by atoms with Gasteiger partial charge >= 0.3 is 0 Å². The molecule has 3 aromatic carbocycles. The van der Waals surface area contributed by atoms with Crippen LogP contribution in [-0.4, -0.2) is 57.0 Å². The summed E-state index contributed by atoms with van der Waals surface area (Å²) in [4.78, 5) is 32.8. The molecule has 0 unspecified atom stereocenters. The summed E-state index contributed by atoms with van der Waals surface area (Å²) in [7, 11) is 3.07. The molecule has 13 heteroatoms. The number of nitro benzene ring substituents is 1. The van der Waals surface area contributed by atoms with Crippen molar-refractivity contribution in [2.24, 2.45) is 0 Å². The van der Waals surface area contributed by atoms with Crippen molar-refractivity contribution in [1.82, 2.24) is 19.6 Å². The first-order valence-electron chi connectivity index (χ1n) is 12.1. The largest absolute Gasteiger partial charge is 0.494 e. The maximum atomic E-state index is 12.8. The van der Waals surface area contributed by atoms with Gasteiger partial charge in [-0.3, -0.25) is 14.9 Å². The highest BCUT2D eigenvalue weighted by atomic mass is 32.2. The number of aromatic nitrogens is 4. The first-order valence-corrected chi connectivity index (χ1v) is 13.1. The minimum Gasteiger partial charge on any atom is -0.494 e. The lowest BCUT2D eigenvalue weighted by Gasteiger charge is -2.11. The molecule has 0 radical (unpaired) electrons. The Hall–Kier alpha value is -4.91. The maximum Gasteiger partial charge on any atom is 0.269 e. The second kappa shape index (κ2) is 11.5. The van der Waals surface area contributed by atoms with E-state index in [1.807, 2.05) is 6.92 Å². The molecule has 0 spiro atoms. The number of anilines is 1. The molecule has 5 aromatic rings. The van der Waals surface area contributed by atoms with Gasteiger partial charge in [0.15, 0.2) is 28.1 Å². The summed E-state index contributed by atoms with van der Waals surface area (Å²) >= 11 is 1.19. The minimum absolute atomic E-state index is 0.0359. The second-order valence-electron chi connectivity index (χ2n) is 8.39. The van der Waals surface area contributed by atoms with Crippen molar-refractivity contribution < 1.29 is 23.9 Å². The summed E-state index contributed by atoms with van der Waals surface area (Å²) in [5.74, 6) is 1.88. The number of fused-ring (bicyclic) bond motifs is 3. The van der Waals surface area contributed by atoms with Crippen molar-refractivity contribution in [2.45, 2.75) is 12.1 Å². The Kier molecular flexibility index (Phi) is 7.64. The van der Waals surface area contributed by atoms with Gasteiger partial charge in [0.2, 0.25) is 5.91 Å². The number of rotatable bonds is 10. The van der Waals surface area contributed by atoms with Crippen LogP contribution in [-0.2, 0) is 4.79 Å². The van der Waals surface area contributed by atoms with Crippen LogP contribution >= 0.6 is 11.8 Å². The summed E-state index contributed by atoms with van der Waals surface area (Å²) in [5, 5.41) is 19.7. The van der Waals surface area contributed by atoms with Gasteiger partial charge in [0.25, 0.3) is 5.69 Å². The molecule has 40 heavy (non-hydrogen) atoms. The lowest BCUT2D eigenvalue weighted by molar-refractivity contribution is -0.384. The lowest BCUT2D eigenvalue weighted by Crippen LogP contribution is -2.14. The summed E-state index contributed by atoms with van der Waals surface area (Å²) in [6, 6.07) is 16.6. The molecule has 2 aromatic heterocycles. The SMILES string of the molecule is CCOc1ccc(NC(=O)CSc2nc3cc(OC)c(OC)cc3c3nc(-c4ccc([N+](=O)[O-])cc4)nn23)cc1. The Bertz CT molecular complexity index is 1710. The number of ether oxygens (including phenoxy) is 3. The predicted octanol–water partition coefficient (Wildman–Crippen LogP) is 5.00. The number of carbonyl (C=O) groups is 1. The van der Waals surface area contributed by atoms with E-state index in [2.05, 4.69) is 10.4 Å². The number of benzene rings is 3. The van der Waals surface area contributed by atoms with Gasteiger partial charge in [0.1, 0.15) is 5.75 Å². The van der Waals surface area contributed by atoms with E-state index in [4.69, 9.17) is 24.2 Å². The fourth-order valence-electron chi connectivity index (χ4n) is 3.99. The zero-order chi connectivity index (χ0) is 28.2. The van der Waals surface area contributed by atoms with Crippen molar-refractivity contribution in [2.75, 3.05) is 31.9 Å². The Morgan fingerprint density at radius 1 is 1.02 bits per heavy atom. The van der Waals surface area contributed by atoms with Crippen LogP contribution in [0.3, 0.4) is 0 Å². The highest BCUT2D eigenvalue weighted by Crippen LogP contribution is 2.35. The van der Waals surface area contributed by atoms with Crippen LogP contribution in [0.4, 0.5) is 11.4 Å².